The number of hydrogen-bond donors (Lipinski definition) is 1. The van der Waals surface area contributed by atoms with E-state index in [-0.39, 0.29) is 24.4 Å². The molecule has 1 heterocycles. The molecule has 116 valence electrons. The van der Waals surface area contributed by atoms with Gasteiger partial charge < -0.3 is 10.0 Å². The minimum Gasteiger partial charge on any atom is -0.481 e. The number of aryl methyl sites for hydroxylation is 1. The number of hydrogen-bond acceptors (Lipinski definition) is 3. The van der Waals surface area contributed by atoms with E-state index in [1.165, 1.54) is 16.9 Å². The summed E-state index contributed by atoms with van der Waals surface area (Å²) < 4.78 is 0. The van der Waals surface area contributed by atoms with Crippen molar-refractivity contribution < 1.29 is 14.7 Å². The molecule has 2 rings (SSSR count). The van der Waals surface area contributed by atoms with Gasteiger partial charge in [0.1, 0.15) is 0 Å². The van der Waals surface area contributed by atoms with E-state index >= 15 is 0 Å². The Labute approximate surface area is 129 Å². The third-order valence-electron chi connectivity index (χ3n) is 3.90. The van der Waals surface area contributed by atoms with Gasteiger partial charge in [-0.1, -0.05) is 0 Å². The summed E-state index contributed by atoms with van der Waals surface area (Å²) in [7, 11) is 0. The van der Waals surface area contributed by atoms with Crippen molar-refractivity contribution in [3.05, 3.63) is 21.4 Å². The second-order valence-electron chi connectivity index (χ2n) is 6.53. The molecule has 0 bridgehead atoms. The number of carbonyl (C=O) groups is 2. The van der Waals surface area contributed by atoms with Crippen LogP contribution in [0.2, 0.25) is 0 Å². The topological polar surface area (TPSA) is 57.6 Å². The van der Waals surface area contributed by atoms with Gasteiger partial charge in [-0.2, -0.15) is 0 Å². The quantitative estimate of drug-likeness (QED) is 0.928. The van der Waals surface area contributed by atoms with Crippen LogP contribution in [0.4, 0.5) is 0 Å². The van der Waals surface area contributed by atoms with E-state index in [0.717, 1.165) is 24.8 Å². The Kier molecular flexibility index (Phi) is 4.71. The average Bonchev–Trinajstić information content (AvgIpc) is 2.80. The lowest BCUT2D eigenvalue weighted by atomic mass is 9.94. The summed E-state index contributed by atoms with van der Waals surface area (Å²) in [5, 5.41) is 10.9. The van der Waals surface area contributed by atoms with Crippen LogP contribution < -0.4 is 0 Å². The summed E-state index contributed by atoms with van der Waals surface area (Å²) in [5.41, 5.74) is 1.60. The monoisotopic (exact) mass is 309 g/mol. The van der Waals surface area contributed by atoms with Crippen LogP contribution in [-0.2, 0) is 17.6 Å². The zero-order valence-corrected chi connectivity index (χ0v) is 13.8. The first kappa shape index (κ1) is 16.0. The van der Waals surface area contributed by atoms with Crippen molar-refractivity contribution in [3.8, 4) is 0 Å². The van der Waals surface area contributed by atoms with E-state index in [1.807, 2.05) is 26.2 Å². The fraction of sp³-hybridized carbons (Fsp3) is 0.625. The zero-order chi connectivity index (χ0) is 15.6. The van der Waals surface area contributed by atoms with Crippen molar-refractivity contribution in [1.29, 1.82) is 0 Å². The predicted molar refractivity (Wildman–Crippen MR) is 84.0 cm³/mol. The molecule has 0 radical (unpaired) electrons. The minimum atomic E-state index is -0.871. The lowest BCUT2D eigenvalue weighted by Gasteiger charge is -2.35. The van der Waals surface area contributed by atoms with Crippen molar-refractivity contribution >= 4 is 23.2 Å². The molecule has 1 aromatic rings. The summed E-state index contributed by atoms with van der Waals surface area (Å²) in [6.45, 7) is 6.10. The molecule has 5 heteroatoms. The molecule has 0 unspecified atom stereocenters. The third-order valence-corrected chi connectivity index (χ3v) is 4.98. The standard InChI is InChI=1S/C16H23NO3S/c1-16(2,3)17(9-8-14(18)19)15(20)12-10-21-13-7-5-4-6-11(12)13/h10H,4-9H2,1-3H3,(H,18,19). The molecule has 0 atom stereocenters. The molecule has 4 nitrogen and oxygen atoms in total. The van der Waals surface area contributed by atoms with Gasteiger partial charge in [-0.3, -0.25) is 9.59 Å². The van der Waals surface area contributed by atoms with Gasteiger partial charge in [-0.15, -0.1) is 11.3 Å². The van der Waals surface area contributed by atoms with Crippen LogP contribution in [0.1, 0.15) is 60.8 Å². The average molecular weight is 309 g/mol. The zero-order valence-electron chi connectivity index (χ0n) is 12.9. The van der Waals surface area contributed by atoms with Crippen LogP contribution in [0.3, 0.4) is 0 Å². The fourth-order valence-electron chi connectivity index (χ4n) is 2.77. The number of thiophene rings is 1. The highest BCUT2D eigenvalue weighted by Gasteiger charge is 2.30. The lowest BCUT2D eigenvalue weighted by molar-refractivity contribution is -0.137. The number of amides is 1. The van der Waals surface area contributed by atoms with Gasteiger partial charge in [0.15, 0.2) is 0 Å². The Morgan fingerprint density at radius 2 is 1.95 bits per heavy atom. The number of carbonyl (C=O) groups excluding carboxylic acids is 1. The van der Waals surface area contributed by atoms with E-state index in [4.69, 9.17) is 5.11 Å². The molecule has 0 aliphatic heterocycles. The van der Waals surface area contributed by atoms with Crippen LogP contribution >= 0.6 is 11.3 Å². The highest BCUT2D eigenvalue weighted by Crippen LogP contribution is 2.32. The number of carboxylic acid groups (broad SMARTS) is 1. The van der Waals surface area contributed by atoms with Crippen molar-refractivity contribution in [1.82, 2.24) is 4.90 Å². The molecule has 0 fully saturated rings. The van der Waals surface area contributed by atoms with Crippen LogP contribution in [-0.4, -0.2) is 34.0 Å². The smallest absolute Gasteiger partial charge is 0.305 e. The summed E-state index contributed by atoms with van der Waals surface area (Å²) in [4.78, 5) is 26.7. The van der Waals surface area contributed by atoms with E-state index in [0.29, 0.717) is 0 Å². The summed E-state index contributed by atoms with van der Waals surface area (Å²) in [5.74, 6) is -0.896. The van der Waals surface area contributed by atoms with Gasteiger partial charge in [-0.05, 0) is 52.0 Å². The van der Waals surface area contributed by atoms with Crippen molar-refractivity contribution in [3.63, 3.8) is 0 Å². The van der Waals surface area contributed by atoms with E-state index in [9.17, 15) is 9.59 Å². The van der Waals surface area contributed by atoms with E-state index in [1.54, 1.807) is 16.2 Å². The summed E-state index contributed by atoms with van der Waals surface area (Å²) >= 11 is 1.67. The number of carboxylic acids is 1. The Hall–Kier alpha value is -1.36. The number of aliphatic carboxylic acids is 1. The number of fused-ring (bicyclic) bond motifs is 1. The largest absolute Gasteiger partial charge is 0.481 e. The molecule has 1 amide bonds. The maximum Gasteiger partial charge on any atom is 0.305 e. The van der Waals surface area contributed by atoms with Gasteiger partial charge >= 0.3 is 5.97 Å². The molecule has 1 N–H and O–H groups in total. The molecule has 0 aromatic carbocycles. The molecule has 1 aliphatic carbocycles. The maximum absolute atomic E-state index is 12.9. The Balaban J connectivity index is 2.25. The van der Waals surface area contributed by atoms with Crippen molar-refractivity contribution in [2.45, 2.75) is 58.4 Å². The van der Waals surface area contributed by atoms with Crippen LogP contribution in [0.5, 0.6) is 0 Å². The Bertz CT molecular complexity index is 542. The predicted octanol–water partition coefficient (Wildman–Crippen LogP) is 3.34. The van der Waals surface area contributed by atoms with Gasteiger partial charge in [-0.25, -0.2) is 0 Å². The number of rotatable bonds is 4. The minimum absolute atomic E-state index is 0.0185. The molecular formula is C16H23NO3S. The highest BCUT2D eigenvalue weighted by atomic mass is 32.1. The van der Waals surface area contributed by atoms with Gasteiger partial charge in [0.25, 0.3) is 5.91 Å². The lowest BCUT2D eigenvalue weighted by Crippen LogP contribution is -2.46. The van der Waals surface area contributed by atoms with Crippen molar-refractivity contribution in [2.75, 3.05) is 6.54 Å². The molecule has 0 spiro atoms. The van der Waals surface area contributed by atoms with Gasteiger partial charge in [0.2, 0.25) is 0 Å². The van der Waals surface area contributed by atoms with Gasteiger partial charge in [0, 0.05) is 22.3 Å². The van der Waals surface area contributed by atoms with Crippen LogP contribution in [0.15, 0.2) is 5.38 Å². The third kappa shape index (κ3) is 3.64. The normalized spacial score (nSPS) is 14.6. The summed E-state index contributed by atoms with van der Waals surface area (Å²) in [6, 6.07) is 0. The first-order valence-electron chi connectivity index (χ1n) is 7.43. The maximum atomic E-state index is 12.9. The first-order valence-corrected chi connectivity index (χ1v) is 8.31. The van der Waals surface area contributed by atoms with Crippen LogP contribution in [0, 0.1) is 0 Å². The molecule has 0 saturated heterocycles. The van der Waals surface area contributed by atoms with Crippen molar-refractivity contribution in [2.24, 2.45) is 0 Å². The second-order valence-corrected chi connectivity index (χ2v) is 7.49. The van der Waals surface area contributed by atoms with Gasteiger partial charge in [0.05, 0.1) is 12.0 Å². The Morgan fingerprint density at radius 3 is 2.57 bits per heavy atom. The SMILES string of the molecule is CC(C)(C)N(CCC(=O)O)C(=O)c1csc2c1CCCC2. The first-order chi connectivity index (χ1) is 9.80. The molecular weight excluding hydrogens is 286 g/mol. The summed E-state index contributed by atoms with van der Waals surface area (Å²) in [6.07, 6.45) is 4.35. The molecule has 21 heavy (non-hydrogen) atoms. The van der Waals surface area contributed by atoms with E-state index < -0.39 is 5.97 Å². The molecule has 1 aliphatic rings. The second kappa shape index (κ2) is 6.18. The fourth-order valence-corrected chi connectivity index (χ4v) is 3.89. The van der Waals surface area contributed by atoms with E-state index in [2.05, 4.69) is 0 Å². The van der Waals surface area contributed by atoms with Crippen LogP contribution in [0.25, 0.3) is 0 Å². The molecule has 0 saturated carbocycles. The Morgan fingerprint density at radius 1 is 1.29 bits per heavy atom. The number of nitrogens with zero attached hydrogens (tertiary/aromatic N) is 1. The molecule has 1 aromatic heterocycles. The highest BCUT2D eigenvalue weighted by molar-refractivity contribution is 7.10.